The monoisotopic (exact) mass is 369 g/mol. The summed E-state index contributed by atoms with van der Waals surface area (Å²) in [5, 5.41) is 11.3. The molecule has 1 aliphatic heterocycles. The summed E-state index contributed by atoms with van der Waals surface area (Å²) in [7, 11) is 0. The van der Waals surface area contributed by atoms with Crippen molar-refractivity contribution >= 4 is 22.3 Å². The average Bonchev–Trinajstić information content (AvgIpc) is 3.31. The molecule has 0 aliphatic carbocycles. The van der Waals surface area contributed by atoms with E-state index in [1.54, 1.807) is 17.5 Å². The Morgan fingerprint density at radius 3 is 2.88 bits per heavy atom. The Labute approximate surface area is 156 Å². The standard InChI is InChI=1S/C18H23N7S/c1-11-12(2)26-18(20-11)23-17-8-16(21-13(3)22-17)14-5-7-25(9-14)10-15-4-6-19-24-15/h4,6,8,14H,5,7,9-10H2,1-3H3,(H,19,24)(H,20,21,22,23). The quantitative estimate of drug-likeness (QED) is 0.718. The first-order valence-electron chi connectivity index (χ1n) is 8.84. The molecule has 3 aromatic rings. The molecule has 1 fully saturated rings. The minimum atomic E-state index is 0.430. The number of H-pyrrole nitrogens is 1. The van der Waals surface area contributed by atoms with Crippen molar-refractivity contribution in [2.45, 2.75) is 39.7 Å². The zero-order valence-electron chi connectivity index (χ0n) is 15.3. The van der Waals surface area contributed by atoms with E-state index < -0.39 is 0 Å². The maximum Gasteiger partial charge on any atom is 0.188 e. The van der Waals surface area contributed by atoms with Crippen molar-refractivity contribution in [3.63, 3.8) is 0 Å². The second kappa shape index (κ2) is 7.13. The van der Waals surface area contributed by atoms with Gasteiger partial charge in [0.2, 0.25) is 0 Å². The third-order valence-electron chi connectivity index (χ3n) is 4.76. The maximum absolute atomic E-state index is 4.70. The highest BCUT2D eigenvalue weighted by Gasteiger charge is 2.26. The minimum Gasteiger partial charge on any atom is -0.316 e. The molecule has 4 heterocycles. The fraction of sp³-hybridized carbons (Fsp3) is 0.444. The molecule has 2 N–H and O–H groups in total. The third kappa shape index (κ3) is 3.76. The van der Waals surface area contributed by atoms with Gasteiger partial charge in [0.15, 0.2) is 5.13 Å². The average molecular weight is 369 g/mol. The van der Waals surface area contributed by atoms with Gasteiger partial charge in [0, 0.05) is 41.8 Å². The van der Waals surface area contributed by atoms with Crippen LogP contribution >= 0.6 is 11.3 Å². The van der Waals surface area contributed by atoms with Crippen LogP contribution in [0.25, 0.3) is 0 Å². The molecule has 1 aliphatic rings. The molecular weight excluding hydrogens is 346 g/mol. The van der Waals surface area contributed by atoms with Crippen LogP contribution < -0.4 is 5.32 Å². The van der Waals surface area contributed by atoms with Crippen LogP contribution in [0.5, 0.6) is 0 Å². The lowest BCUT2D eigenvalue weighted by Crippen LogP contribution is -2.20. The summed E-state index contributed by atoms with van der Waals surface area (Å²) in [5.74, 6) is 2.05. The van der Waals surface area contributed by atoms with Crippen LogP contribution in [0.3, 0.4) is 0 Å². The zero-order chi connectivity index (χ0) is 18.1. The minimum absolute atomic E-state index is 0.430. The Balaban J connectivity index is 1.47. The molecule has 8 heteroatoms. The van der Waals surface area contributed by atoms with Crippen LogP contribution in [0.4, 0.5) is 10.9 Å². The highest BCUT2D eigenvalue weighted by atomic mass is 32.1. The Morgan fingerprint density at radius 2 is 2.15 bits per heavy atom. The van der Waals surface area contributed by atoms with E-state index in [0.29, 0.717) is 5.92 Å². The van der Waals surface area contributed by atoms with E-state index >= 15 is 0 Å². The molecule has 136 valence electrons. The smallest absolute Gasteiger partial charge is 0.188 e. The largest absolute Gasteiger partial charge is 0.316 e. The molecule has 7 nitrogen and oxygen atoms in total. The molecule has 4 rings (SSSR count). The molecule has 0 aromatic carbocycles. The molecule has 0 radical (unpaired) electrons. The lowest BCUT2D eigenvalue weighted by atomic mass is 10.0. The number of aryl methyl sites for hydroxylation is 3. The molecule has 26 heavy (non-hydrogen) atoms. The molecule has 3 aromatic heterocycles. The van der Waals surface area contributed by atoms with E-state index in [1.165, 1.54) is 4.88 Å². The molecule has 1 atom stereocenters. The number of hydrogen-bond acceptors (Lipinski definition) is 7. The summed E-state index contributed by atoms with van der Waals surface area (Å²) in [6.45, 7) is 9.04. The van der Waals surface area contributed by atoms with Crippen molar-refractivity contribution < 1.29 is 0 Å². The fourth-order valence-electron chi connectivity index (χ4n) is 3.33. The van der Waals surface area contributed by atoms with Crippen LogP contribution in [0.1, 0.15) is 40.1 Å². The van der Waals surface area contributed by atoms with Crippen LogP contribution in [-0.4, -0.2) is 43.1 Å². The SMILES string of the molecule is Cc1nc(Nc2nc(C)c(C)s2)cc(C2CCN(Cc3ccn[nH]3)C2)n1. The van der Waals surface area contributed by atoms with Gasteiger partial charge in [-0.25, -0.2) is 15.0 Å². The number of nitrogens with one attached hydrogen (secondary N) is 2. The van der Waals surface area contributed by atoms with Crippen LogP contribution in [0.2, 0.25) is 0 Å². The van der Waals surface area contributed by atoms with Gasteiger partial charge in [-0.2, -0.15) is 5.10 Å². The lowest BCUT2D eigenvalue weighted by molar-refractivity contribution is 0.322. The Kier molecular flexibility index (Phi) is 4.69. The number of rotatable bonds is 5. The van der Waals surface area contributed by atoms with Gasteiger partial charge in [0.1, 0.15) is 11.6 Å². The highest BCUT2D eigenvalue weighted by Crippen LogP contribution is 2.29. The third-order valence-corrected chi connectivity index (χ3v) is 5.75. The van der Waals surface area contributed by atoms with Gasteiger partial charge in [0.25, 0.3) is 0 Å². The predicted octanol–water partition coefficient (Wildman–Crippen LogP) is 3.31. The van der Waals surface area contributed by atoms with Gasteiger partial charge in [-0.15, -0.1) is 11.3 Å². The number of thiazole rings is 1. The van der Waals surface area contributed by atoms with Crippen LogP contribution in [-0.2, 0) is 6.54 Å². The Morgan fingerprint density at radius 1 is 1.27 bits per heavy atom. The topological polar surface area (TPSA) is 82.6 Å². The summed E-state index contributed by atoms with van der Waals surface area (Å²) in [5.41, 5.74) is 3.33. The number of aromatic nitrogens is 5. The van der Waals surface area contributed by atoms with Gasteiger partial charge < -0.3 is 5.32 Å². The first-order chi connectivity index (χ1) is 12.6. The van der Waals surface area contributed by atoms with Gasteiger partial charge in [-0.05, 0) is 39.8 Å². The van der Waals surface area contributed by atoms with E-state index in [4.69, 9.17) is 4.98 Å². The van der Waals surface area contributed by atoms with Gasteiger partial charge in [0.05, 0.1) is 11.4 Å². The molecule has 0 spiro atoms. The highest BCUT2D eigenvalue weighted by molar-refractivity contribution is 7.15. The molecular formula is C18H23N7S. The zero-order valence-corrected chi connectivity index (χ0v) is 16.1. The molecule has 0 saturated carbocycles. The van der Waals surface area contributed by atoms with E-state index in [2.05, 4.69) is 43.4 Å². The second-order valence-electron chi connectivity index (χ2n) is 6.81. The first kappa shape index (κ1) is 17.1. The fourth-order valence-corrected chi connectivity index (χ4v) is 4.15. The van der Waals surface area contributed by atoms with Crippen molar-refractivity contribution in [3.05, 3.63) is 46.1 Å². The number of hydrogen-bond donors (Lipinski definition) is 2. The van der Waals surface area contributed by atoms with E-state index in [-0.39, 0.29) is 0 Å². The summed E-state index contributed by atoms with van der Waals surface area (Å²) >= 11 is 1.66. The van der Waals surface area contributed by atoms with E-state index in [9.17, 15) is 0 Å². The van der Waals surface area contributed by atoms with Crippen molar-refractivity contribution in [1.29, 1.82) is 0 Å². The van der Waals surface area contributed by atoms with Gasteiger partial charge in [-0.1, -0.05) is 0 Å². The predicted molar refractivity (Wildman–Crippen MR) is 103 cm³/mol. The molecule has 0 amide bonds. The van der Waals surface area contributed by atoms with Gasteiger partial charge >= 0.3 is 0 Å². The number of nitrogens with zero attached hydrogens (tertiary/aromatic N) is 5. The van der Waals surface area contributed by atoms with Gasteiger partial charge in [-0.3, -0.25) is 10.00 Å². The van der Waals surface area contributed by atoms with E-state index in [1.807, 2.05) is 19.9 Å². The van der Waals surface area contributed by atoms with E-state index in [0.717, 1.165) is 59.9 Å². The number of anilines is 2. The number of aromatic amines is 1. The second-order valence-corrected chi connectivity index (χ2v) is 8.02. The van der Waals surface area contributed by atoms with Crippen molar-refractivity contribution in [1.82, 2.24) is 30.0 Å². The first-order valence-corrected chi connectivity index (χ1v) is 9.65. The molecule has 1 saturated heterocycles. The lowest BCUT2D eigenvalue weighted by Gasteiger charge is -2.15. The number of likely N-dealkylation sites (tertiary alicyclic amines) is 1. The molecule has 1 unspecified atom stereocenters. The Bertz CT molecular complexity index is 868. The van der Waals surface area contributed by atoms with Crippen molar-refractivity contribution in [3.8, 4) is 0 Å². The van der Waals surface area contributed by atoms with Crippen LogP contribution in [0.15, 0.2) is 18.3 Å². The summed E-state index contributed by atoms with van der Waals surface area (Å²) < 4.78 is 0. The van der Waals surface area contributed by atoms with Crippen LogP contribution in [0, 0.1) is 20.8 Å². The molecule has 0 bridgehead atoms. The van der Waals surface area contributed by atoms with Crippen molar-refractivity contribution in [2.75, 3.05) is 18.4 Å². The summed E-state index contributed by atoms with van der Waals surface area (Å²) in [6, 6.07) is 4.10. The normalized spacial score (nSPS) is 17.7. The summed E-state index contributed by atoms with van der Waals surface area (Å²) in [6.07, 6.45) is 2.91. The Hall–Kier alpha value is -2.32. The van der Waals surface area contributed by atoms with Crippen molar-refractivity contribution in [2.24, 2.45) is 0 Å². The maximum atomic E-state index is 4.70. The summed E-state index contributed by atoms with van der Waals surface area (Å²) in [4.78, 5) is 17.4.